The standard InChI is InChI=1S/C10H18N2O6/c1-18-6-2-5-11-10(17)12-7(9(15)16)3-4-8(13)14/h7H,2-6H2,1H3,(H,13,14)(H,15,16)(H2,11,12,17). The first-order valence-corrected chi connectivity index (χ1v) is 5.45. The van der Waals surface area contributed by atoms with E-state index in [1.165, 1.54) is 7.11 Å². The summed E-state index contributed by atoms with van der Waals surface area (Å²) in [7, 11) is 1.53. The number of carboxylic acid groups (broad SMARTS) is 2. The number of carbonyl (C=O) groups is 3. The first-order valence-electron chi connectivity index (χ1n) is 5.45. The largest absolute Gasteiger partial charge is 0.481 e. The van der Waals surface area contributed by atoms with Gasteiger partial charge in [0.25, 0.3) is 0 Å². The molecule has 0 radical (unpaired) electrons. The fourth-order valence-electron chi connectivity index (χ4n) is 1.15. The van der Waals surface area contributed by atoms with Crippen LogP contribution < -0.4 is 10.6 Å². The van der Waals surface area contributed by atoms with E-state index in [1.807, 2.05) is 0 Å². The van der Waals surface area contributed by atoms with Crippen molar-refractivity contribution in [2.24, 2.45) is 0 Å². The molecule has 0 bridgehead atoms. The van der Waals surface area contributed by atoms with Gasteiger partial charge in [0.2, 0.25) is 0 Å². The number of methoxy groups -OCH3 is 1. The lowest BCUT2D eigenvalue weighted by Crippen LogP contribution is -2.46. The molecule has 0 aromatic heterocycles. The Morgan fingerprint density at radius 1 is 1.28 bits per heavy atom. The van der Waals surface area contributed by atoms with Gasteiger partial charge in [-0.2, -0.15) is 0 Å². The molecule has 0 aliphatic heterocycles. The van der Waals surface area contributed by atoms with E-state index in [0.29, 0.717) is 19.6 Å². The van der Waals surface area contributed by atoms with Gasteiger partial charge in [0.1, 0.15) is 6.04 Å². The SMILES string of the molecule is COCCCNC(=O)NC(CCC(=O)O)C(=O)O. The first-order chi connectivity index (χ1) is 8.47. The number of aliphatic carboxylic acids is 2. The minimum atomic E-state index is -1.26. The summed E-state index contributed by atoms with van der Waals surface area (Å²) in [5, 5.41) is 21.9. The van der Waals surface area contributed by atoms with Gasteiger partial charge in [-0.05, 0) is 12.8 Å². The second-order valence-corrected chi connectivity index (χ2v) is 3.57. The van der Waals surface area contributed by atoms with Crippen LogP contribution in [0.25, 0.3) is 0 Å². The van der Waals surface area contributed by atoms with Gasteiger partial charge in [0.15, 0.2) is 0 Å². The molecule has 0 fully saturated rings. The Labute approximate surface area is 104 Å². The van der Waals surface area contributed by atoms with Crippen LogP contribution in [0, 0.1) is 0 Å². The van der Waals surface area contributed by atoms with Crippen LogP contribution in [0.15, 0.2) is 0 Å². The van der Waals surface area contributed by atoms with E-state index in [0.717, 1.165) is 0 Å². The van der Waals surface area contributed by atoms with E-state index < -0.39 is 24.0 Å². The van der Waals surface area contributed by atoms with Crippen molar-refractivity contribution in [2.45, 2.75) is 25.3 Å². The summed E-state index contributed by atoms with van der Waals surface area (Å²) in [4.78, 5) is 32.4. The zero-order chi connectivity index (χ0) is 14.0. The molecule has 8 nitrogen and oxygen atoms in total. The van der Waals surface area contributed by atoms with Crippen LogP contribution in [0.5, 0.6) is 0 Å². The van der Waals surface area contributed by atoms with Gasteiger partial charge >= 0.3 is 18.0 Å². The molecule has 0 spiro atoms. The van der Waals surface area contributed by atoms with Crippen LogP contribution in [0.2, 0.25) is 0 Å². The summed E-state index contributed by atoms with van der Waals surface area (Å²) < 4.78 is 4.78. The maximum Gasteiger partial charge on any atom is 0.326 e. The number of hydrogen-bond donors (Lipinski definition) is 4. The molecule has 0 saturated carbocycles. The Balaban J connectivity index is 3.96. The van der Waals surface area contributed by atoms with Crippen LogP contribution in [0.4, 0.5) is 4.79 Å². The number of ether oxygens (including phenoxy) is 1. The summed E-state index contributed by atoms with van der Waals surface area (Å²) in [6.45, 7) is 0.840. The van der Waals surface area contributed by atoms with Crippen LogP contribution in [-0.4, -0.2) is 54.5 Å². The Hall–Kier alpha value is -1.83. The van der Waals surface area contributed by atoms with E-state index in [2.05, 4.69) is 10.6 Å². The van der Waals surface area contributed by atoms with Crippen LogP contribution >= 0.6 is 0 Å². The monoisotopic (exact) mass is 262 g/mol. The average molecular weight is 262 g/mol. The Morgan fingerprint density at radius 2 is 1.94 bits per heavy atom. The number of carboxylic acids is 2. The van der Waals surface area contributed by atoms with Gasteiger partial charge in [-0.15, -0.1) is 0 Å². The molecule has 0 aliphatic carbocycles. The van der Waals surface area contributed by atoms with Gasteiger partial charge < -0.3 is 25.6 Å². The number of nitrogens with one attached hydrogen (secondary N) is 2. The molecule has 0 saturated heterocycles. The third-order valence-electron chi connectivity index (χ3n) is 2.06. The Morgan fingerprint density at radius 3 is 2.44 bits per heavy atom. The number of amides is 2. The van der Waals surface area contributed by atoms with Gasteiger partial charge in [-0.1, -0.05) is 0 Å². The van der Waals surface area contributed by atoms with E-state index in [4.69, 9.17) is 14.9 Å². The third-order valence-corrected chi connectivity index (χ3v) is 2.06. The summed E-state index contributed by atoms with van der Waals surface area (Å²) in [6, 6.07) is -1.84. The number of urea groups is 1. The highest BCUT2D eigenvalue weighted by Gasteiger charge is 2.20. The van der Waals surface area contributed by atoms with Crippen molar-refractivity contribution in [3.8, 4) is 0 Å². The molecule has 0 aromatic carbocycles. The van der Waals surface area contributed by atoms with Crippen molar-refractivity contribution < 1.29 is 29.3 Å². The molecule has 0 heterocycles. The molecule has 4 N–H and O–H groups in total. The fraction of sp³-hybridized carbons (Fsp3) is 0.700. The molecule has 8 heteroatoms. The van der Waals surface area contributed by atoms with E-state index in [1.54, 1.807) is 0 Å². The van der Waals surface area contributed by atoms with Gasteiger partial charge in [0.05, 0.1) is 0 Å². The summed E-state index contributed by atoms with van der Waals surface area (Å²) in [5.41, 5.74) is 0. The van der Waals surface area contributed by atoms with Crippen molar-refractivity contribution in [2.75, 3.05) is 20.3 Å². The third kappa shape index (κ3) is 8.34. The van der Waals surface area contributed by atoms with Crippen LogP contribution in [0.1, 0.15) is 19.3 Å². The van der Waals surface area contributed by atoms with Crippen LogP contribution in [-0.2, 0) is 14.3 Å². The van der Waals surface area contributed by atoms with Gasteiger partial charge in [0, 0.05) is 26.7 Å². The Kier molecular flexibility index (Phi) is 8.29. The molecule has 104 valence electrons. The quantitative estimate of drug-likeness (QED) is 0.420. The van der Waals surface area contributed by atoms with E-state index in [-0.39, 0.29) is 12.8 Å². The molecule has 1 unspecified atom stereocenters. The molecular weight excluding hydrogens is 244 g/mol. The van der Waals surface area contributed by atoms with Crippen molar-refractivity contribution in [3.05, 3.63) is 0 Å². The van der Waals surface area contributed by atoms with E-state index >= 15 is 0 Å². The minimum Gasteiger partial charge on any atom is -0.481 e. The highest BCUT2D eigenvalue weighted by atomic mass is 16.5. The van der Waals surface area contributed by atoms with E-state index in [9.17, 15) is 14.4 Å². The molecule has 18 heavy (non-hydrogen) atoms. The molecule has 0 rings (SSSR count). The molecule has 0 aromatic rings. The second-order valence-electron chi connectivity index (χ2n) is 3.57. The number of hydrogen-bond acceptors (Lipinski definition) is 4. The van der Waals surface area contributed by atoms with Gasteiger partial charge in [-0.3, -0.25) is 4.79 Å². The summed E-state index contributed by atoms with van der Waals surface area (Å²) in [5.74, 6) is -2.37. The average Bonchev–Trinajstić information content (AvgIpc) is 2.29. The van der Waals surface area contributed by atoms with Crippen LogP contribution in [0.3, 0.4) is 0 Å². The smallest absolute Gasteiger partial charge is 0.326 e. The maximum atomic E-state index is 11.3. The van der Waals surface area contributed by atoms with Crippen molar-refractivity contribution in [3.63, 3.8) is 0 Å². The summed E-state index contributed by atoms with van der Waals surface area (Å²) in [6.07, 6.45) is 0.133. The molecule has 0 aliphatic rings. The van der Waals surface area contributed by atoms with Gasteiger partial charge in [-0.25, -0.2) is 9.59 Å². The predicted molar refractivity (Wildman–Crippen MR) is 61.3 cm³/mol. The Bertz CT molecular complexity index is 294. The molecule has 1 atom stereocenters. The topological polar surface area (TPSA) is 125 Å². The number of carbonyl (C=O) groups excluding carboxylic acids is 1. The van der Waals surface area contributed by atoms with Crippen molar-refractivity contribution in [1.29, 1.82) is 0 Å². The lowest BCUT2D eigenvalue weighted by Gasteiger charge is -2.14. The fourth-order valence-corrected chi connectivity index (χ4v) is 1.15. The second kappa shape index (κ2) is 9.23. The summed E-state index contributed by atoms with van der Waals surface area (Å²) >= 11 is 0. The van der Waals surface area contributed by atoms with Crippen molar-refractivity contribution >= 4 is 18.0 Å². The zero-order valence-corrected chi connectivity index (χ0v) is 10.1. The highest BCUT2D eigenvalue weighted by Crippen LogP contribution is 1.97. The van der Waals surface area contributed by atoms with Crippen molar-refractivity contribution in [1.82, 2.24) is 10.6 Å². The minimum absolute atomic E-state index is 0.157. The maximum absolute atomic E-state index is 11.3. The molecule has 2 amide bonds. The molecular formula is C10H18N2O6. The highest BCUT2D eigenvalue weighted by molar-refractivity contribution is 5.82. The lowest BCUT2D eigenvalue weighted by molar-refractivity contribution is -0.140. The predicted octanol–water partition coefficient (Wildman–Crippen LogP) is -0.360. The zero-order valence-electron chi connectivity index (χ0n) is 10.1. The normalized spacial score (nSPS) is 11.6. The lowest BCUT2D eigenvalue weighted by atomic mass is 10.1. The number of rotatable bonds is 9. The first kappa shape index (κ1) is 16.2.